The first kappa shape index (κ1) is 17.0. The molecule has 0 spiro atoms. The third kappa shape index (κ3) is 2.68. The topological polar surface area (TPSA) is 78.5 Å². The minimum absolute atomic E-state index is 0.632. The molecular formula is C20H19N3O4. The number of aromatic nitrogens is 3. The summed E-state index contributed by atoms with van der Waals surface area (Å²) in [4.78, 5) is 4.58. The van der Waals surface area contributed by atoms with Gasteiger partial charge in [0.2, 0.25) is 0 Å². The van der Waals surface area contributed by atoms with Gasteiger partial charge in [-0.15, -0.1) is 0 Å². The molecule has 0 radical (unpaired) electrons. The van der Waals surface area contributed by atoms with E-state index >= 15 is 0 Å². The summed E-state index contributed by atoms with van der Waals surface area (Å²) in [5, 5.41) is 10.3. The maximum atomic E-state index is 5.45. The van der Waals surface area contributed by atoms with Crippen LogP contribution in [0.5, 0.6) is 23.0 Å². The molecular weight excluding hydrogens is 346 g/mol. The molecule has 0 aliphatic heterocycles. The zero-order valence-corrected chi connectivity index (χ0v) is 15.5. The SMILES string of the molecule is COc1cc2ccnc(-c3n[nH]c4cc(OC)c(OC)cc34)c2cc1OC. The van der Waals surface area contributed by atoms with E-state index < -0.39 is 0 Å². The summed E-state index contributed by atoms with van der Waals surface area (Å²) in [5.41, 5.74) is 2.30. The van der Waals surface area contributed by atoms with Crippen LogP contribution < -0.4 is 18.9 Å². The van der Waals surface area contributed by atoms with Gasteiger partial charge in [-0.25, -0.2) is 0 Å². The van der Waals surface area contributed by atoms with Crippen molar-refractivity contribution in [2.75, 3.05) is 28.4 Å². The average Bonchev–Trinajstić information content (AvgIpc) is 3.13. The van der Waals surface area contributed by atoms with Gasteiger partial charge in [-0.2, -0.15) is 5.10 Å². The van der Waals surface area contributed by atoms with E-state index in [9.17, 15) is 0 Å². The largest absolute Gasteiger partial charge is 0.493 e. The van der Waals surface area contributed by atoms with Crippen molar-refractivity contribution in [3.8, 4) is 34.4 Å². The molecule has 2 aromatic heterocycles. The fraction of sp³-hybridized carbons (Fsp3) is 0.200. The normalized spacial score (nSPS) is 11.0. The smallest absolute Gasteiger partial charge is 0.162 e. The van der Waals surface area contributed by atoms with Crippen molar-refractivity contribution in [3.05, 3.63) is 36.5 Å². The Balaban J connectivity index is 1.99. The number of rotatable bonds is 5. The molecule has 4 rings (SSSR count). The van der Waals surface area contributed by atoms with Crippen LogP contribution in [-0.2, 0) is 0 Å². The number of nitrogens with zero attached hydrogens (tertiary/aromatic N) is 2. The molecule has 4 aromatic rings. The molecule has 0 saturated heterocycles. The van der Waals surface area contributed by atoms with E-state index in [1.807, 2.05) is 30.3 Å². The van der Waals surface area contributed by atoms with E-state index in [0.717, 1.165) is 33.1 Å². The van der Waals surface area contributed by atoms with Gasteiger partial charge in [-0.05, 0) is 29.7 Å². The molecule has 7 nitrogen and oxygen atoms in total. The van der Waals surface area contributed by atoms with Crippen molar-refractivity contribution in [3.63, 3.8) is 0 Å². The van der Waals surface area contributed by atoms with Gasteiger partial charge in [0.25, 0.3) is 0 Å². The summed E-state index contributed by atoms with van der Waals surface area (Å²) < 4.78 is 21.7. The van der Waals surface area contributed by atoms with Gasteiger partial charge in [0.1, 0.15) is 5.69 Å². The third-order valence-electron chi connectivity index (χ3n) is 4.56. The summed E-state index contributed by atoms with van der Waals surface area (Å²) >= 11 is 0. The second-order valence-electron chi connectivity index (χ2n) is 5.91. The van der Waals surface area contributed by atoms with Crippen LogP contribution in [0, 0.1) is 0 Å². The first-order chi connectivity index (χ1) is 13.2. The maximum absolute atomic E-state index is 5.45. The number of ether oxygens (including phenoxy) is 4. The molecule has 2 heterocycles. The Kier molecular flexibility index (Phi) is 4.19. The van der Waals surface area contributed by atoms with E-state index in [-0.39, 0.29) is 0 Å². The molecule has 0 unspecified atom stereocenters. The first-order valence-electron chi connectivity index (χ1n) is 8.31. The van der Waals surface area contributed by atoms with Crippen molar-refractivity contribution in [1.82, 2.24) is 15.2 Å². The standard InChI is InChI=1S/C20H19N3O4/c1-24-15-7-11-5-6-21-19(12(11)8-16(15)25-2)20-13-9-17(26-3)18(27-4)10-14(13)22-23-20/h5-10H,1-4H3,(H,22,23). The molecule has 27 heavy (non-hydrogen) atoms. The van der Waals surface area contributed by atoms with Gasteiger partial charge in [-0.3, -0.25) is 10.1 Å². The lowest BCUT2D eigenvalue weighted by Crippen LogP contribution is -1.93. The van der Waals surface area contributed by atoms with Crippen LogP contribution in [0.3, 0.4) is 0 Å². The van der Waals surface area contributed by atoms with E-state index in [1.165, 1.54) is 0 Å². The molecule has 0 bridgehead atoms. The van der Waals surface area contributed by atoms with Gasteiger partial charge < -0.3 is 18.9 Å². The van der Waals surface area contributed by atoms with E-state index in [0.29, 0.717) is 23.0 Å². The number of hydrogen-bond donors (Lipinski definition) is 1. The van der Waals surface area contributed by atoms with Crippen LogP contribution in [-0.4, -0.2) is 43.6 Å². The number of pyridine rings is 1. The Labute approximate surface area is 155 Å². The molecule has 2 aromatic carbocycles. The minimum atomic E-state index is 0.632. The van der Waals surface area contributed by atoms with Crippen LogP contribution in [0.4, 0.5) is 0 Å². The molecule has 138 valence electrons. The zero-order valence-electron chi connectivity index (χ0n) is 15.5. The van der Waals surface area contributed by atoms with Crippen LogP contribution >= 0.6 is 0 Å². The molecule has 0 amide bonds. The lowest BCUT2D eigenvalue weighted by atomic mass is 10.0. The summed E-state index contributed by atoms with van der Waals surface area (Å²) in [7, 11) is 6.44. The Morgan fingerprint density at radius 2 is 1.30 bits per heavy atom. The van der Waals surface area contributed by atoms with Gasteiger partial charge in [0, 0.05) is 23.0 Å². The van der Waals surface area contributed by atoms with Crippen molar-refractivity contribution < 1.29 is 18.9 Å². The number of H-pyrrole nitrogens is 1. The highest BCUT2D eigenvalue weighted by Crippen LogP contribution is 2.39. The number of benzene rings is 2. The van der Waals surface area contributed by atoms with Crippen LogP contribution in [0.2, 0.25) is 0 Å². The highest BCUT2D eigenvalue weighted by atomic mass is 16.5. The number of hydrogen-bond acceptors (Lipinski definition) is 6. The van der Waals surface area contributed by atoms with E-state index in [2.05, 4.69) is 15.2 Å². The predicted octanol–water partition coefficient (Wildman–Crippen LogP) is 3.81. The highest BCUT2D eigenvalue weighted by molar-refractivity contribution is 6.03. The number of nitrogens with one attached hydrogen (secondary N) is 1. The Bertz CT molecular complexity index is 1140. The molecule has 0 aliphatic carbocycles. The fourth-order valence-corrected chi connectivity index (χ4v) is 3.21. The van der Waals surface area contributed by atoms with Crippen molar-refractivity contribution in [1.29, 1.82) is 0 Å². The summed E-state index contributed by atoms with van der Waals surface area (Å²) in [6.45, 7) is 0. The van der Waals surface area contributed by atoms with Crippen molar-refractivity contribution in [2.45, 2.75) is 0 Å². The molecule has 1 N–H and O–H groups in total. The quantitative estimate of drug-likeness (QED) is 0.579. The first-order valence-corrected chi connectivity index (χ1v) is 8.31. The maximum Gasteiger partial charge on any atom is 0.162 e. The van der Waals surface area contributed by atoms with Crippen LogP contribution in [0.15, 0.2) is 36.5 Å². The summed E-state index contributed by atoms with van der Waals surface area (Å²) in [6, 6.07) is 9.53. The Morgan fingerprint density at radius 3 is 1.96 bits per heavy atom. The minimum Gasteiger partial charge on any atom is -0.493 e. The van der Waals surface area contributed by atoms with Crippen molar-refractivity contribution in [2.24, 2.45) is 0 Å². The summed E-state index contributed by atoms with van der Waals surface area (Å²) in [6.07, 6.45) is 1.75. The van der Waals surface area contributed by atoms with Gasteiger partial charge in [0.15, 0.2) is 23.0 Å². The van der Waals surface area contributed by atoms with Crippen LogP contribution in [0.25, 0.3) is 33.1 Å². The number of methoxy groups -OCH3 is 4. The third-order valence-corrected chi connectivity index (χ3v) is 4.56. The second-order valence-corrected chi connectivity index (χ2v) is 5.91. The molecule has 0 aliphatic rings. The monoisotopic (exact) mass is 365 g/mol. The van der Waals surface area contributed by atoms with E-state index in [4.69, 9.17) is 18.9 Å². The summed E-state index contributed by atoms with van der Waals surface area (Å²) in [5.74, 6) is 2.57. The van der Waals surface area contributed by atoms with Crippen LogP contribution in [0.1, 0.15) is 0 Å². The number of fused-ring (bicyclic) bond motifs is 2. The van der Waals surface area contributed by atoms with Gasteiger partial charge >= 0.3 is 0 Å². The lowest BCUT2D eigenvalue weighted by molar-refractivity contribution is 0.356. The predicted molar refractivity (Wildman–Crippen MR) is 103 cm³/mol. The highest BCUT2D eigenvalue weighted by Gasteiger charge is 2.17. The van der Waals surface area contributed by atoms with Gasteiger partial charge in [-0.1, -0.05) is 0 Å². The van der Waals surface area contributed by atoms with E-state index in [1.54, 1.807) is 34.6 Å². The zero-order chi connectivity index (χ0) is 19.0. The fourth-order valence-electron chi connectivity index (χ4n) is 3.21. The second kappa shape index (κ2) is 6.68. The molecule has 0 fully saturated rings. The number of aromatic amines is 1. The van der Waals surface area contributed by atoms with Crippen molar-refractivity contribution >= 4 is 21.7 Å². The molecule has 0 saturated carbocycles. The molecule has 0 atom stereocenters. The lowest BCUT2D eigenvalue weighted by Gasteiger charge is -2.11. The Morgan fingerprint density at radius 1 is 0.704 bits per heavy atom. The average molecular weight is 365 g/mol. The molecule has 7 heteroatoms. The Hall–Kier alpha value is -3.48. The van der Waals surface area contributed by atoms with Gasteiger partial charge in [0.05, 0.1) is 39.6 Å².